The average Bonchev–Trinajstić information content (AvgIpc) is 3.86. The van der Waals surface area contributed by atoms with Gasteiger partial charge >= 0.3 is 25.8 Å². The van der Waals surface area contributed by atoms with Crippen molar-refractivity contribution in [2.24, 2.45) is 0 Å². The van der Waals surface area contributed by atoms with Gasteiger partial charge in [-0.3, -0.25) is 0 Å². The van der Waals surface area contributed by atoms with Crippen LogP contribution in [0.1, 0.15) is 128 Å². The second kappa shape index (κ2) is 18.7. The van der Waals surface area contributed by atoms with Crippen molar-refractivity contribution >= 4 is 21.5 Å². The van der Waals surface area contributed by atoms with Gasteiger partial charge < -0.3 is 14.9 Å². The maximum Gasteiger partial charge on any atom is 4.00 e. The van der Waals surface area contributed by atoms with Crippen LogP contribution in [0.15, 0.2) is 158 Å². The van der Waals surface area contributed by atoms with E-state index in [1.165, 1.54) is 88.3 Å². The van der Waals surface area contributed by atoms with Crippen LogP contribution in [0.4, 0.5) is 0 Å². The summed E-state index contributed by atoms with van der Waals surface area (Å²) in [6, 6.07) is 61.0. The maximum atomic E-state index is 2.55. The fraction of sp³-hybridized carbons (Fsp3) is 0.302. The van der Waals surface area contributed by atoms with Crippen molar-refractivity contribution in [3.8, 4) is 22.3 Å². The minimum absolute atomic E-state index is 0. The first-order valence-corrected chi connectivity index (χ1v) is 22.5. The molecule has 0 heterocycles. The van der Waals surface area contributed by atoms with Crippen molar-refractivity contribution in [1.29, 1.82) is 0 Å². The topological polar surface area (TPSA) is 0 Å². The van der Waals surface area contributed by atoms with Crippen molar-refractivity contribution in [2.75, 3.05) is 0 Å². The fourth-order valence-corrected chi connectivity index (χ4v) is 9.35. The van der Waals surface area contributed by atoms with Gasteiger partial charge in [-0.25, -0.2) is 0 Å². The molecule has 0 bridgehead atoms. The molecule has 0 aliphatic rings. The summed E-state index contributed by atoms with van der Waals surface area (Å²) in [4.78, 5) is 0. The Bertz CT molecular complexity index is 2550. The summed E-state index contributed by atoms with van der Waals surface area (Å²) >= 11 is 0. The Hall–Kier alpha value is -4.59. The van der Waals surface area contributed by atoms with E-state index in [1.807, 2.05) is 0 Å². The molecule has 8 rings (SSSR count). The molecule has 0 nitrogen and oxygen atoms in total. The molecule has 0 aliphatic heterocycles. The molecule has 0 radical (unpaired) electrons. The van der Waals surface area contributed by atoms with Gasteiger partial charge in [0.25, 0.3) is 0 Å². The van der Waals surface area contributed by atoms with E-state index >= 15 is 0 Å². The van der Waals surface area contributed by atoms with Crippen LogP contribution in [0.3, 0.4) is 0 Å². The molecule has 64 heavy (non-hydrogen) atoms. The van der Waals surface area contributed by atoms with Gasteiger partial charge in [0, 0.05) is 0 Å². The van der Waals surface area contributed by atoms with Gasteiger partial charge in [-0.15, -0.1) is 69.1 Å². The second-order valence-electron chi connectivity index (χ2n) is 22.1. The first kappa shape index (κ1) is 50.4. The summed E-state index contributed by atoms with van der Waals surface area (Å²) in [5, 5.41) is 5.22. The van der Waals surface area contributed by atoms with Crippen molar-refractivity contribution in [2.45, 2.75) is 123 Å². The number of fused-ring (bicyclic) bond motifs is 2. The van der Waals surface area contributed by atoms with Crippen molar-refractivity contribution in [3.05, 3.63) is 217 Å². The van der Waals surface area contributed by atoms with Gasteiger partial charge in [0.2, 0.25) is 0 Å². The smallest absolute Gasteiger partial charge is 0.358 e. The molecule has 0 atom stereocenters. The van der Waals surface area contributed by atoms with E-state index in [2.05, 4.69) is 241 Å². The fourth-order valence-electron chi connectivity index (χ4n) is 9.35. The summed E-state index contributed by atoms with van der Waals surface area (Å²) in [7, 11) is 0. The predicted octanol–water partition coefficient (Wildman–Crippen LogP) is 17.6. The Morgan fingerprint density at radius 1 is 0.359 bits per heavy atom. The zero-order chi connectivity index (χ0) is 43.5. The largest absolute Gasteiger partial charge is 4.00 e. The van der Waals surface area contributed by atoms with Gasteiger partial charge in [0.1, 0.15) is 0 Å². The number of hydrogen-bond donors (Lipinski definition) is 0. The normalized spacial score (nSPS) is 12.4. The summed E-state index contributed by atoms with van der Waals surface area (Å²) in [5.41, 5.74) is 15.9. The van der Waals surface area contributed by atoms with Gasteiger partial charge in [-0.05, 0) is 84.4 Å². The first-order chi connectivity index (χ1) is 28.7. The molecule has 0 saturated carbocycles. The zero-order valence-electron chi connectivity index (χ0n) is 41.4. The molecule has 0 N–H and O–H groups in total. The summed E-state index contributed by atoms with van der Waals surface area (Å²) in [5.74, 6) is 0. The Balaban J connectivity index is 0.00000257. The standard InChI is InChI=1S/C61H66.2CH3.Hf/c1-57(2,3)47-31-45(32-48(35-47)58(4,5)6)53-27-19-25-43-29-51(37-55(43)53)61(39-41-21-15-13-16-22-41,40-42-23-17-14-18-24-42)52-30-44-26-20-28-54(56(44)38-52)46-33-49(59(7,8)9)36-50(34-46)60(10,11)12;;;/h13-38H,39-40H2,1-12H3;2*1H3;/q-2;2*-1;+4. The van der Waals surface area contributed by atoms with E-state index in [0.717, 1.165) is 12.8 Å². The predicted molar refractivity (Wildman–Crippen MR) is 279 cm³/mol. The van der Waals surface area contributed by atoms with Crippen LogP contribution in [-0.4, -0.2) is 0 Å². The van der Waals surface area contributed by atoms with Crippen LogP contribution >= 0.6 is 0 Å². The number of rotatable bonds is 8. The van der Waals surface area contributed by atoms with Gasteiger partial charge in [-0.1, -0.05) is 203 Å². The summed E-state index contributed by atoms with van der Waals surface area (Å²) in [6.07, 6.45) is 1.75. The van der Waals surface area contributed by atoms with Crippen LogP contribution in [-0.2, 0) is 65.8 Å². The van der Waals surface area contributed by atoms with E-state index < -0.39 is 0 Å². The van der Waals surface area contributed by atoms with E-state index in [4.69, 9.17) is 0 Å². The monoisotopic (exact) mass is 1010 g/mol. The van der Waals surface area contributed by atoms with E-state index in [1.54, 1.807) is 0 Å². The number of hydrogen-bond acceptors (Lipinski definition) is 0. The quantitative estimate of drug-likeness (QED) is 0.105. The number of benzene rings is 6. The average molecular weight is 1010 g/mol. The SMILES string of the molecule is CC(C)(C)c1cc(-c2cccc3[cH-]c(C(Cc4ccccc4)(Cc4ccccc4)c4cc5c(-c6cc(C(C)(C)C)cc(C(C)(C)C)c6)cccc5[cH-]4)cc23)cc(C(C)(C)C)c1.[CH3-].[CH3-].[Hf+4]. The van der Waals surface area contributed by atoms with Crippen LogP contribution in [0.25, 0.3) is 43.8 Å². The molecule has 8 aromatic rings. The molecule has 0 fully saturated rings. The Morgan fingerprint density at radius 3 is 0.969 bits per heavy atom. The summed E-state index contributed by atoms with van der Waals surface area (Å²) < 4.78 is 0. The van der Waals surface area contributed by atoms with Gasteiger partial charge in [0.15, 0.2) is 0 Å². The Labute approximate surface area is 407 Å². The molecule has 1 heteroatoms. The second-order valence-corrected chi connectivity index (χ2v) is 22.1. The third kappa shape index (κ3) is 10.3. The maximum absolute atomic E-state index is 2.55. The molecule has 0 unspecified atom stereocenters. The van der Waals surface area contributed by atoms with Crippen molar-refractivity contribution in [1.82, 2.24) is 0 Å². The van der Waals surface area contributed by atoms with E-state index in [0.29, 0.717) is 0 Å². The van der Waals surface area contributed by atoms with Gasteiger partial charge in [0.05, 0.1) is 0 Å². The van der Waals surface area contributed by atoms with Crippen LogP contribution in [0.5, 0.6) is 0 Å². The third-order valence-electron chi connectivity index (χ3n) is 13.3. The molecule has 328 valence electrons. The zero-order valence-corrected chi connectivity index (χ0v) is 45.0. The van der Waals surface area contributed by atoms with Crippen molar-refractivity contribution < 1.29 is 25.8 Å². The van der Waals surface area contributed by atoms with Gasteiger partial charge in [-0.2, -0.15) is 12.1 Å². The molecule has 0 amide bonds. The molecule has 0 aliphatic carbocycles. The Morgan fingerprint density at radius 2 is 0.672 bits per heavy atom. The van der Waals surface area contributed by atoms with Crippen molar-refractivity contribution in [3.63, 3.8) is 0 Å². The van der Waals surface area contributed by atoms with E-state index in [9.17, 15) is 0 Å². The molecule has 0 saturated heterocycles. The minimum atomic E-state index is -0.358. The molecule has 8 aromatic carbocycles. The van der Waals surface area contributed by atoms with Crippen LogP contribution in [0, 0.1) is 14.9 Å². The molecule has 0 spiro atoms. The molecular weight excluding hydrogens is 935 g/mol. The van der Waals surface area contributed by atoms with Crippen LogP contribution < -0.4 is 0 Å². The third-order valence-corrected chi connectivity index (χ3v) is 13.3. The minimum Gasteiger partial charge on any atom is -0.358 e. The summed E-state index contributed by atoms with van der Waals surface area (Å²) in [6.45, 7) is 28.0. The van der Waals surface area contributed by atoms with E-state index in [-0.39, 0.29) is 67.8 Å². The molecule has 0 aromatic heterocycles. The Kier molecular flexibility index (Phi) is 14.7. The molecular formula is C63H72Hf. The van der Waals surface area contributed by atoms with Crippen LogP contribution in [0.2, 0.25) is 0 Å². The first-order valence-electron chi connectivity index (χ1n) is 22.5.